The summed E-state index contributed by atoms with van der Waals surface area (Å²) in [5.74, 6) is 1.03. The van der Waals surface area contributed by atoms with Crippen LogP contribution in [0.2, 0.25) is 0 Å². The van der Waals surface area contributed by atoms with E-state index < -0.39 is 0 Å². The first-order valence-corrected chi connectivity index (χ1v) is 10.2. The van der Waals surface area contributed by atoms with E-state index in [-0.39, 0.29) is 5.91 Å². The van der Waals surface area contributed by atoms with Crippen LogP contribution in [0.3, 0.4) is 0 Å². The quantitative estimate of drug-likeness (QED) is 0.376. The van der Waals surface area contributed by atoms with E-state index in [1.807, 2.05) is 38.1 Å². The van der Waals surface area contributed by atoms with Gasteiger partial charge >= 0.3 is 0 Å². The topological polar surface area (TPSA) is 29.1 Å². The number of hydrogen-bond acceptors (Lipinski definition) is 1. The lowest BCUT2D eigenvalue weighted by molar-refractivity contribution is -0.111. The third kappa shape index (κ3) is 4.95. The number of benzene rings is 2. The van der Waals surface area contributed by atoms with Gasteiger partial charge in [0.05, 0.1) is 0 Å². The van der Waals surface area contributed by atoms with Crippen molar-refractivity contribution in [3.63, 3.8) is 0 Å². The molecule has 0 saturated heterocycles. The second kappa shape index (κ2) is 8.36. The molecule has 2 nitrogen and oxygen atoms in total. The molecule has 2 aromatic rings. The number of allylic oxidation sites excluding steroid dienone is 3. The normalized spacial score (nSPS) is 19.6. The molecule has 0 aromatic heterocycles. The maximum absolute atomic E-state index is 12.2. The number of aryl methyl sites for hydroxylation is 1. The van der Waals surface area contributed by atoms with Crippen molar-refractivity contribution in [2.75, 3.05) is 5.32 Å². The van der Waals surface area contributed by atoms with Crippen LogP contribution in [0.25, 0.3) is 0 Å². The van der Waals surface area contributed by atoms with Crippen molar-refractivity contribution < 1.29 is 4.79 Å². The number of carbonyl (C=O) groups excluding carboxylic acids is 1. The van der Waals surface area contributed by atoms with Gasteiger partial charge in [0.2, 0.25) is 5.91 Å². The molecule has 1 fully saturated rings. The van der Waals surface area contributed by atoms with Crippen LogP contribution >= 0.6 is 31.9 Å². The van der Waals surface area contributed by atoms with Crippen molar-refractivity contribution in [1.29, 1.82) is 0 Å². The lowest BCUT2D eigenvalue weighted by Gasteiger charge is -2.05. The molecule has 0 radical (unpaired) electrons. The van der Waals surface area contributed by atoms with Gasteiger partial charge in [-0.3, -0.25) is 4.79 Å². The van der Waals surface area contributed by atoms with Gasteiger partial charge in [-0.1, -0.05) is 36.4 Å². The van der Waals surface area contributed by atoms with E-state index in [4.69, 9.17) is 0 Å². The van der Waals surface area contributed by atoms with Gasteiger partial charge in [0, 0.05) is 20.7 Å². The van der Waals surface area contributed by atoms with Gasteiger partial charge in [0.15, 0.2) is 0 Å². The smallest absolute Gasteiger partial charge is 0.248 e. The first-order chi connectivity index (χ1) is 12.4. The SMILES string of the molecule is CC(C=C[C@H]1C[C@@H]1c1ccc(Br)c(Br)c1)=CC(=O)Nc1ccccc1C. The van der Waals surface area contributed by atoms with Crippen LogP contribution in [0, 0.1) is 12.8 Å². The predicted molar refractivity (Wildman–Crippen MR) is 115 cm³/mol. The molecule has 1 amide bonds. The van der Waals surface area contributed by atoms with Crippen molar-refractivity contribution in [2.24, 2.45) is 5.92 Å². The number of halogens is 2. The van der Waals surface area contributed by atoms with E-state index in [1.165, 1.54) is 5.56 Å². The second-order valence-corrected chi connectivity index (χ2v) is 8.44. The first kappa shape index (κ1) is 19.1. The van der Waals surface area contributed by atoms with Crippen LogP contribution in [-0.2, 0) is 4.79 Å². The molecule has 0 bridgehead atoms. The molecule has 0 heterocycles. The minimum Gasteiger partial charge on any atom is -0.322 e. The molecule has 1 aliphatic rings. The molecule has 1 aliphatic carbocycles. The lowest BCUT2D eigenvalue weighted by atomic mass is 10.1. The van der Waals surface area contributed by atoms with Crippen LogP contribution in [0.5, 0.6) is 0 Å². The van der Waals surface area contributed by atoms with Gasteiger partial charge in [-0.05, 0) is 98.9 Å². The van der Waals surface area contributed by atoms with Gasteiger partial charge in [-0.25, -0.2) is 0 Å². The summed E-state index contributed by atoms with van der Waals surface area (Å²) < 4.78 is 2.17. The summed E-state index contributed by atoms with van der Waals surface area (Å²) in [7, 11) is 0. The summed E-state index contributed by atoms with van der Waals surface area (Å²) in [6, 6.07) is 14.2. The lowest BCUT2D eigenvalue weighted by Crippen LogP contribution is -2.09. The third-order valence-electron chi connectivity index (χ3n) is 4.58. The maximum atomic E-state index is 12.2. The van der Waals surface area contributed by atoms with Gasteiger partial charge in [-0.15, -0.1) is 0 Å². The highest BCUT2D eigenvalue weighted by Gasteiger charge is 2.36. The van der Waals surface area contributed by atoms with Gasteiger partial charge in [0.25, 0.3) is 0 Å². The van der Waals surface area contributed by atoms with Gasteiger partial charge in [-0.2, -0.15) is 0 Å². The molecule has 1 N–H and O–H groups in total. The van der Waals surface area contributed by atoms with Crippen LogP contribution in [0.1, 0.15) is 30.4 Å². The fourth-order valence-electron chi connectivity index (χ4n) is 2.97. The van der Waals surface area contributed by atoms with Crippen LogP contribution in [0.4, 0.5) is 5.69 Å². The number of amides is 1. The minimum atomic E-state index is -0.0920. The van der Waals surface area contributed by atoms with Crippen LogP contribution in [-0.4, -0.2) is 5.91 Å². The monoisotopic (exact) mass is 473 g/mol. The Bertz CT molecular complexity index is 885. The van der Waals surface area contributed by atoms with E-state index in [1.54, 1.807) is 6.08 Å². The first-order valence-electron chi connectivity index (χ1n) is 8.62. The fourth-order valence-corrected chi connectivity index (χ4v) is 3.61. The third-order valence-corrected chi connectivity index (χ3v) is 6.46. The van der Waals surface area contributed by atoms with E-state index in [0.717, 1.165) is 32.2 Å². The van der Waals surface area contributed by atoms with E-state index in [2.05, 4.69) is 67.5 Å². The molecule has 0 aliphatic heterocycles. The second-order valence-electron chi connectivity index (χ2n) is 6.73. The number of nitrogens with one attached hydrogen (secondary N) is 1. The summed E-state index contributed by atoms with van der Waals surface area (Å²) in [5, 5.41) is 2.93. The zero-order valence-electron chi connectivity index (χ0n) is 14.8. The minimum absolute atomic E-state index is 0.0920. The van der Waals surface area contributed by atoms with Crippen molar-refractivity contribution >= 4 is 43.5 Å². The summed E-state index contributed by atoms with van der Waals surface area (Å²) in [5.41, 5.74) is 4.23. The molecule has 4 heteroatoms. The van der Waals surface area contributed by atoms with Crippen LogP contribution < -0.4 is 5.32 Å². The number of anilines is 1. The highest BCUT2D eigenvalue weighted by molar-refractivity contribution is 9.13. The molecule has 3 rings (SSSR count). The number of carbonyl (C=O) groups is 1. The Balaban J connectivity index is 1.57. The maximum Gasteiger partial charge on any atom is 0.248 e. The Morgan fingerprint density at radius 3 is 2.65 bits per heavy atom. The zero-order chi connectivity index (χ0) is 18.7. The Morgan fingerprint density at radius 2 is 1.92 bits per heavy atom. The van der Waals surface area contributed by atoms with Crippen LogP contribution in [0.15, 0.2) is 75.2 Å². The molecule has 2 aromatic carbocycles. The summed E-state index contributed by atoms with van der Waals surface area (Å²) in [4.78, 5) is 12.2. The molecule has 0 unspecified atom stereocenters. The Morgan fingerprint density at radius 1 is 1.15 bits per heavy atom. The Hall–Kier alpha value is -1.65. The highest BCUT2D eigenvalue weighted by atomic mass is 79.9. The van der Waals surface area contributed by atoms with Crippen molar-refractivity contribution in [1.82, 2.24) is 0 Å². The summed E-state index contributed by atoms with van der Waals surface area (Å²) in [6.07, 6.45) is 7.08. The molecular formula is C22H21Br2NO. The van der Waals surface area contributed by atoms with E-state index in [0.29, 0.717) is 11.8 Å². The molecule has 2 atom stereocenters. The molecule has 26 heavy (non-hydrogen) atoms. The number of para-hydroxylation sites is 1. The van der Waals surface area contributed by atoms with Crippen molar-refractivity contribution in [3.8, 4) is 0 Å². The standard InChI is InChI=1S/C22H21Br2NO/c1-14(11-22(26)25-21-6-4-3-5-15(21)2)7-8-16-12-18(16)17-9-10-19(23)20(24)13-17/h3-11,13,16,18H,12H2,1-2H3,(H,25,26)/t16-,18-/m0/s1. The average Bonchev–Trinajstić information content (AvgIpc) is 3.37. The molecule has 1 saturated carbocycles. The Labute approximate surface area is 171 Å². The summed E-state index contributed by atoms with van der Waals surface area (Å²) in [6.45, 7) is 3.95. The van der Waals surface area contributed by atoms with Crippen molar-refractivity contribution in [3.05, 3.63) is 86.3 Å². The molecular weight excluding hydrogens is 454 g/mol. The molecule has 0 spiro atoms. The van der Waals surface area contributed by atoms with Gasteiger partial charge in [0.1, 0.15) is 0 Å². The Kier molecular flexibility index (Phi) is 6.15. The van der Waals surface area contributed by atoms with Crippen molar-refractivity contribution in [2.45, 2.75) is 26.2 Å². The predicted octanol–water partition coefficient (Wildman–Crippen LogP) is 6.76. The molecule has 134 valence electrons. The number of hydrogen-bond donors (Lipinski definition) is 1. The van der Waals surface area contributed by atoms with E-state index >= 15 is 0 Å². The fraction of sp³-hybridized carbons (Fsp3) is 0.227. The van der Waals surface area contributed by atoms with E-state index in [9.17, 15) is 4.79 Å². The summed E-state index contributed by atoms with van der Waals surface area (Å²) >= 11 is 7.07. The largest absolute Gasteiger partial charge is 0.322 e. The number of rotatable bonds is 5. The highest BCUT2D eigenvalue weighted by Crippen LogP contribution is 2.49. The average molecular weight is 475 g/mol. The van der Waals surface area contributed by atoms with Gasteiger partial charge < -0.3 is 5.32 Å². The zero-order valence-corrected chi connectivity index (χ0v) is 18.0.